The van der Waals surface area contributed by atoms with E-state index >= 15 is 0 Å². The van der Waals surface area contributed by atoms with Gasteiger partial charge in [-0.1, -0.05) is 6.42 Å². The van der Waals surface area contributed by atoms with E-state index in [1.807, 2.05) is 6.92 Å². The molecule has 1 rings (SSSR count). The Morgan fingerprint density at radius 2 is 2.14 bits per heavy atom. The van der Waals surface area contributed by atoms with Crippen LogP contribution in [0.5, 0.6) is 0 Å². The molecule has 1 atom stereocenters. The molecule has 0 spiro atoms. The third-order valence-corrected chi connectivity index (χ3v) is 2.33. The highest BCUT2D eigenvalue weighted by Crippen LogP contribution is 2.19. The SMILES string of the molecule is CC1(CO)COC(CCCCCO)=N1. The summed E-state index contributed by atoms with van der Waals surface area (Å²) in [7, 11) is 0. The predicted molar refractivity (Wildman–Crippen MR) is 54.4 cm³/mol. The first-order valence-corrected chi connectivity index (χ1v) is 5.13. The number of aliphatic hydroxyl groups excluding tert-OH is 2. The molecule has 4 nitrogen and oxygen atoms in total. The Bertz CT molecular complexity index is 206. The van der Waals surface area contributed by atoms with Gasteiger partial charge in [-0.25, -0.2) is 4.99 Å². The molecule has 1 unspecified atom stereocenters. The van der Waals surface area contributed by atoms with Crippen LogP contribution in [0.3, 0.4) is 0 Å². The quantitative estimate of drug-likeness (QED) is 0.622. The monoisotopic (exact) mass is 201 g/mol. The Balaban J connectivity index is 2.23. The van der Waals surface area contributed by atoms with Crippen molar-refractivity contribution in [3.8, 4) is 0 Å². The minimum atomic E-state index is -0.424. The molecule has 0 fully saturated rings. The molecule has 0 aliphatic carbocycles. The molecule has 0 aromatic rings. The van der Waals surface area contributed by atoms with Crippen molar-refractivity contribution in [2.24, 2.45) is 4.99 Å². The number of unbranched alkanes of at least 4 members (excludes halogenated alkanes) is 2. The molecule has 0 aromatic heterocycles. The van der Waals surface area contributed by atoms with Gasteiger partial charge in [0.1, 0.15) is 12.1 Å². The first-order valence-electron chi connectivity index (χ1n) is 5.13. The van der Waals surface area contributed by atoms with Crippen molar-refractivity contribution in [1.82, 2.24) is 0 Å². The first kappa shape index (κ1) is 11.5. The van der Waals surface area contributed by atoms with E-state index < -0.39 is 5.54 Å². The molecule has 14 heavy (non-hydrogen) atoms. The fourth-order valence-electron chi connectivity index (χ4n) is 1.38. The van der Waals surface area contributed by atoms with Crippen LogP contribution in [-0.2, 0) is 4.74 Å². The van der Waals surface area contributed by atoms with Crippen LogP contribution in [0.15, 0.2) is 4.99 Å². The van der Waals surface area contributed by atoms with Gasteiger partial charge in [0.15, 0.2) is 5.90 Å². The molecular weight excluding hydrogens is 182 g/mol. The van der Waals surface area contributed by atoms with E-state index in [0.29, 0.717) is 6.61 Å². The van der Waals surface area contributed by atoms with Crippen LogP contribution >= 0.6 is 0 Å². The fourth-order valence-corrected chi connectivity index (χ4v) is 1.38. The summed E-state index contributed by atoms with van der Waals surface area (Å²) in [4.78, 5) is 4.32. The Morgan fingerprint density at radius 3 is 2.71 bits per heavy atom. The smallest absolute Gasteiger partial charge is 0.184 e. The lowest BCUT2D eigenvalue weighted by atomic mass is 10.1. The van der Waals surface area contributed by atoms with Gasteiger partial charge in [-0.3, -0.25) is 0 Å². The molecule has 1 aliphatic heterocycles. The molecule has 0 amide bonds. The minimum Gasteiger partial charge on any atom is -0.478 e. The number of nitrogens with zero attached hydrogens (tertiary/aromatic N) is 1. The molecule has 4 heteroatoms. The lowest BCUT2D eigenvalue weighted by Crippen LogP contribution is -2.28. The van der Waals surface area contributed by atoms with E-state index in [2.05, 4.69) is 4.99 Å². The van der Waals surface area contributed by atoms with Gasteiger partial charge < -0.3 is 14.9 Å². The van der Waals surface area contributed by atoms with Gasteiger partial charge in [0.2, 0.25) is 0 Å². The third-order valence-electron chi connectivity index (χ3n) is 2.33. The van der Waals surface area contributed by atoms with Crippen LogP contribution in [0.25, 0.3) is 0 Å². The maximum absolute atomic E-state index is 9.03. The zero-order valence-electron chi connectivity index (χ0n) is 8.70. The highest BCUT2D eigenvalue weighted by atomic mass is 16.5. The van der Waals surface area contributed by atoms with E-state index in [0.717, 1.165) is 31.6 Å². The highest BCUT2D eigenvalue weighted by molar-refractivity contribution is 5.78. The maximum Gasteiger partial charge on any atom is 0.184 e. The summed E-state index contributed by atoms with van der Waals surface area (Å²) in [6, 6.07) is 0. The number of hydrogen-bond donors (Lipinski definition) is 2. The standard InChI is InChI=1S/C10H19NO3/c1-10(7-13)8-14-9(11-10)5-3-2-4-6-12/h12-13H,2-8H2,1H3. The van der Waals surface area contributed by atoms with Gasteiger partial charge in [-0.05, 0) is 19.8 Å². The van der Waals surface area contributed by atoms with Gasteiger partial charge in [-0.15, -0.1) is 0 Å². The molecule has 1 heterocycles. The Labute approximate surface area is 84.6 Å². The van der Waals surface area contributed by atoms with Crippen molar-refractivity contribution in [1.29, 1.82) is 0 Å². The van der Waals surface area contributed by atoms with Crippen LogP contribution in [-0.4, -0.2) is 41.5 Å². The van der Waals surface area contributed by atoms with E-state index in [1.54, 1.807) is 0 Å². The summed E-state index contributed by atoms with van der Waals surface area (Å²) in [6.07, 6.45) is 3.63. The fraction of sp³-hybridized carbons (Fsp3) is 0.900. The van der Waals surface area contributed by atoms with E-state index in [9.17, 15) is 0 Å². The van der Waals surface area contributed by atoms with Crippen LogP contribution in [0, 0.1) is 0 Å². The summed E-state index contributed by atoms with van der Waals surface area (Å²) in [5.74, 6) is 0.750. The average molecular weight is 201 g/mol. The average Bonchev–Trinajstić information content (AvgIpc) is 2.56. The molecular formula is C10H19NO3. The lowest BCUT2D eigenvalue weighted by molar-refractivity contribution is 0.169. The summed E-state index contributed by atoms with van der Waals surface area (Å²) in [5, 5.41) is 17.6. The van der Waals surface area contributed by atoms with E-state index in [1.165, 1.54) is 0 Å². The van der Waals surface area contributed by atoms with Gasteiger partial charge in [0.25, 0.3) is 0 Å². The number of hydrogen-bond acceptors (Lipinski definition) is 4. The summed E-state index contributed by atoms with van der Waals surface area (Å²) in [5.41, 5.74) is -0.424. The summed E-state index contributed by atoms with van der Waals surface area (Å²) in [6.45, 7) is 2.65. The van der Waals surface area contributed by atoms with E-state index in [-0.39, 0.29) is 13.2 Å². The molecule has 0 bridgehead atoms. The van der Waals surface area contributed by atoms with Crippen molar-refractivity contribution < 1.29 is 14.9 Å². The molecule has 0 saturated heterocycles. The van der Waals surface area contributed by atoms with E-state index in [4.69, 9.17) is 14.9 Å². The molecule has 2 N–H and O–H groups in total. The zero-order valence-corrected chi connectivity index (χ0v) is 8.70. The molecule has 82 valence electrons. The lowest BCUT2D eigenvalue weighted by Gasteiger charge is -2.12. The second-order valence-electron chi connectivity index (χ2n) is 3.98. The molecule has 0 saturated carbocycles. The summed E-state index contributed by atoms with van der Waals surface area (Å²) >= 11 is 0. The number of aliphatic imine (C=N–C) groups is 1. The van der Waals surface area contributed by atoms with Crippen molar-refractivity contribution in [3.63, 3.8) is 0 Å². The topological polar surface area (TPSA) is 62.0 Å². The van der Waals surface area contributed by atoms with Gasteiger partial charge in [-0.2, -0.15) is 0 Å². The van der Waals surface area contributed by atoms with Crippen LogP contribution in [0.4, 0.5) is 0 Å². The maximum atomic E-state index is 9.03. The Morgan fingerprint density at radius 1 is 1.36 bits per heavy atom. The van der Waals surface area contributed by atoms with Crippen molar-refractivity contribution in [2.75, 3.05) is 19.8 Å². The van der Waals surface area contributed by atoms with Crippen LogP contribution in [0.2, 0.25) is 0 Å². The van der Waals surface area contributed by atoms with Gasteiger partial charge in [0.05, 0.1) is 6.61 Å². The zero-order chi connectivity index (χ0) is 10.4. The third kappa shape index (κ3) is 3.27. The van der Waals surface area contributed by atoms with Crippen molar-refractivity contribution >= 4 is 5.90 Å². The summed E-state index contributed by atoms with van der Waals surface area (Å²) < 4.78 is 5.37. The number of ether oxygens (including phenoxy) is 1. The van der Waals surface area contributed by atoms with Crippen molar-refractivity contribution in [3.05, 3.63) is 0 Å². The van der Waals surface area contributed by atoms with Crippen LogP contribution in [0.1, 0.15) is 32.6 Å². The Hall–Kier alpha value is -0.610. The normalized spacial score (nSPS) is 26.1. The van der Waals surface area contributed by atoms with Crippen molar-refractivity contribution in [2.45, 2.75) is 38.1 Å². The predicted octanol–water partition coefficient (Wildman–Crippen LogP) is 0.719. The number of rotatable bonds is 6. The molecule has 0 aromatic carbocycles. The first-order chi connectivity index (χ1) is 6.70. The minimum absolute atomic E-state index is 0.0349. The largest absolute Gasteiger partial charge is 0.478 e. The Kier molecular flexibility index (Phi) is 4.35. The van der Waals surface area contributed by atoms with Gasteiger partial charge >= 0.3 is 0 Å². The van der Waals surface area contributed by atoms with Crippen LogP contribution < -0.4 is 0 Å². The highest BCUT2D eigenvalue weighted by Gasteiger charge is 2.30. The second-order valence-corrected chi connectivity index (χ2v) is 3.98. The number of aliphatic hydroxyl groups is 2. The van der Waals surface area contributed by atoms with Gasteiger partial charge in [0, 0.05) is 13.0 Å². The molecule has 0 radical (unpaired) electrons. The molecule has 1 aliphatic rings. The second kappa shape index (κ2) is 5.32.